The van der Waals surface area contributed by atoms with Crippen molar-refractivity contribution in [3.8, 4) is 0 Å². The van der Waals surface area contributed by atoms with Crippen molar-refractivity contribution in [2.45, 2.75) is 19.4 Å². The number of rotatable bonds is 2. The van der Waals surface area contributed by atoms with Crippen molar-refractivity contribution in [2.24, 2.45) is 0 Å². The zero-order chi connectivity index (χ0) is 12.6. The Morgan fingerprint density at radius 3 is 1.81 bits per heavy atom. The molecule has 0 unspecified atom stereocenters. The first-order valence-electron chi connectivity index (χ1n) is 4.93. The molecule has 92 valence electrons. The Bertz CT molecular complexity index is 250. The second-order valence-electron chi connectivity index (χ2n) is 4.00. The highest BCUT2D eigenvalue weighted by Gasteiger charge is 2.18. The fourth-order valence-electron chi connectivity index (χ4n) is 1.10. The number of carbonyl (C=O) groups is 2. The Kier molecular flexibility index (Phi) is 6.36. The molecule has 0 aliphatic carbocycles. The van der Waals surface area contributed by atoms with Gasteiger partial charge in [-0.1, -0.05) is 0 Å². The van der Waals surface area contributed by atoms with Crippen LogP contribution in [0.15, 0.2) is 12.2 Å². The summed E-state index contributed by atoms with van der Waals surface area (Å²) in [5, 5.41) is 22.3. The molecule has 1 fully saturated rings. The second-order valence-corrected chi connectivity index (χ2v) is 4.00. The van der Waals surface area contributed by atoms with Crippen molar-refractivity contribution >= 4 is 11.9 Å². The van der Waals surface area contributed by atoms with Gasteiger partial charge in [0.25, 0.3) is 0 Å². The molecule has 1 rings (SSSR count). The maximum atomic E-state index is 9.55. The minimum absolute atomic E-state index is 0.318. The summed E-state index contributed by atoms with van der Waals surface area (Å²) in [6.07, 6.45) is 1.12. The van der Waals surface area contributed by atoms with Crippen LogP contribution in [0, 0.1) is 0 Å². The summed E-state index contributed by atoms with van der Waals surface area (Å²) in [6, 6.07) is 0. The van der Waals surface area contributed by atoms with Gasteiger partial charge in [-0.2, -0.15) is 0 Å². The Hall–Kier alpha value is -1.40. The zero-order valence-corrected chi connectivity index (χ0v) is 9.49. The highest BCUT2D eigenvalue weighted by atomic mass is 16.4. The predicted molar refractivity (Wildman–Crippen MR) is 59.4 cm³/mol. The van der Waals surface area contributed by atoms with Crippen LogP contribution in [0.4, 0.5) is 0 Å². The second kappa shape index (κ2) is 6.97. The van der Waals surface area contributed by atoms with Crippen molar-refractivity contribution < 1.29 is 19.8 Å². The number of carboxylic acids is 2. The number of piperazine rings is 1. The van der Waals surface area contributed by atoms with E-state index in [1.54, 1.807) is 0 Å². The lowest BCUT2D eigenvalue weighted by Gasteiger charge is -2.31. The zero-order valence-electron chi connectivity index (χ0n) is 9.49. The molecule has 0 aromatic carbocycles. The molecular weight excluding hydrogens is 212 g/mol. The summed E-state index contributed by atoms with van der Waals surface area (Å²) in [4.78, 5) is 19.1. The van der Waals surface area contributed by atoms with Gasteiger partial charge in [0, 0.05) is 37.3 Å². The summed E-state index contributed by atoms with van der Waals surface area (Å²) in [7, 11) is 0. The van der Waals surface area contributed by atoms with E-state index in [0.717, 1.165) is 19.6 Å². The molecule has 0 amide bonds. The van der Waals surface area contributed by atoms with Crippen LogP contribution in [0.2, 0.25) is 0 Å². The molecule has 4 N–H and O–H groups in total. The van der Waals surface area contributed by atoms with Crippen LogP contribution in [0.3, 0.4) is 0 Å². The monoisotopic (exact) mass is 230 g/mol. The lowest BCUT2D eigenvalue weighted by Crippen LogP contribution is -2.55. The van der Waals surface area contributed by atoms with E-state index in [1.165, 1.54) is 0 Å². The third kappa shape index (κ3) is 9.17. The highest BCUT2D eigenvalue weighted by molar-refractivity contribution is 5.89. The SMILES string of the molecule is CC1(C)CNCCN1.O=C(O)/C=C\C(=O)O. The highest BCUT2D eigenvalue weighted by Crippen LogP contribution is 2.00. The predicted octanol–water partition coefficient (Wildman–Crippen LogP) is -0.330. The first-order valence-corrected chi connectivity index (χ1v) is 4.93. The smallest absolute Gasteiger partial charge is 0.328 e. The normalized spacial score (nSPS) is 18.6. The van der Waals surface area contributed by atoms with E-state index in [1.807, 2.05) is 0 Å². The minimum atomic E-state index is -1.26. The van der Waals surface area contributed by atoms with Gasteiger partial charge in [-0.25, -0.2) is 9.59 Å². The van der Waals surface area contributed by atoms with Crippen LogP contribution < -0.4 is 10.6 Å². The van der Waals surface area contributed by atoms with Gasteiger partial charge in [0.1, 0.15) is 0 Å². The van der Waals surface area contributed by atoms with Gasteiger partial charge in [-0.15, -0.1) is 0 Å². The molecule has 1 saturated heterocycles. The first kappa shape index (κ1) is 14.6. The summed E-state index contributed by atoms with van der Waals surface area (Å²) in [5.41, 5.74) is 0.318. The molecule has 0 aromatic heterocycles. The van der Waals surface area contributed by atoms with Crippen LogP contribution in [-0.2, 0) is 9.59 Å². The van der Waals surface area contributed by atoms with Crippen LogP contribution in [0.5, 0.6) is 0 Å². The quantitative estimate of drug-likeness (QED) is 0.485. The molecular formula is C10H18N2O4. The van der Waals surface area contributed by atoms with E-state index in [0.29, 0.717) is 17.7 Å². The minimum Gasteiger partial charge on any atom is -0.478 e. The van der Waals surface area contributed by atoms with Gasteiger partial charge in [0.05, 0.1) is 0 Å². The van der Waals surface area contributed by atoms with Gasteiger partial charge in [-0.3, -0.25) is 0 Å². The van der Waals surface area contributed by atoms with Crippen molar-refractivity contribution in [3.63, 3.8) is 0 Å². The van der Waals surface area contributed by atoms with E-state index < -0.39 is 11.9 Å². The molecule has 0 spiro atoms. The van der Waals surface area contributed by atoms with E-state index in [-0.39, 0.29) is 0 Å². The molecule has 0 radical (unpaired) electrons. The third-order valence-corrected chi connectivity index (χ3v) is 1.84. The molecule has 1 aliphatic heterocycles. The molecule has 6 nitrogen and oxygen atoms in total. The number of aliphatic carboxylic acids is 2. The van der Waals surface area contributed by atoms with Crippen molar-refractivity contribution in [1.82, 2.24) is 10.6 Å². The Morgan fingerprint density at radius 1 is 1.12 bits per heavy atom. The lowest BCUT2D eigenvalue weighted by atomic mass is 10.0. The summed E-state index contributed by atoms with van der Waals surface area (Å²) >= 11 is 0. The molecule has 0 atom stereocenters. The van der Waals surface area contributed by atoms with Crippen molar-refractivity contribution in [1.29, 1.82) is 0 Å². The van der Waals surface area contributed by atoms with Gasteiger partial charge in [-0.05, 0) is 13.8 Å². The molecule has 6 heteroatoms. The molecule has 1 aliphatic rings. The molecule has 0 bridgehead atoms. The summed E-state index contributed by atoms with van der Waals surface area (Å²) in [5.74, 6) is -2.51. The Morgan fingerprint density at radius 2 is 1.62 bits per heavy atom. The van der Waals surface area contributed by atoms with Gasteiger partial charge >= 0.3 is 11.9 Å². The number of hydrogen-bond donors (Lipinski definition) is 4. The summed E-state index contributed by atoms with van der Waals surface area (Å²) < 4.78 is 0. The van der Waals surface area contributed by atoms with Crippen molar-refractivity contribution in [3.05, 3.63) is 12.2 Å². The number of nitrogens with one attached hydrogen (secondary N) is 2. The van der Waals surface area contributed by atoms with E-state index in [4.69, 9.17) is 10.2 Å². The Labute approximate surface area is 94.3 Å². The molecule has 0 aromatic rings. The Balaban J connectivity index is 0.000000281. The van der Waals surface area contributed by atoms with E-state index in [9.17, 15) is 9.59 Å². The fraction of sp³-hybridized carbons (Fsp3) is 0.600. The number of carboxylic acid groups (broad SMARTS) is 2. The van der Waals surface area contributed by atoms with Crippen LogP contribution >= 0.6 is 0 Å². The van der Waals surface area contributed by atoms with Crippen LogP contribution in [0.25, 0.3) is 0 Å². The topological polar surface area (TPSA) is 98.7 Å². The van der Waals surface area contributed by atoms with E-state index in [2.05, 4.69) is 24.5 Å². The molecule has 16 heavy (non-hydrogen) atoms. The van der Waals surface area contributed by atoms with Crippen LogP contribution in [-0.4, -0.2) is 47.3 Å². The fourth-order valence-corrected chi connectivity index (χ4v) is 1.10. The van der Waals surface area contributed by atoms with E-state index >= 15 is 0 Å². The van der Waals surface area contributed by atoms with Crippen LogP contribution in [0.1, 0.15) is 13.8 Å². The average molecular weight is 230 g/mol. The van der Waals surface area contributed by atoms with Gasteiger partial charge in [0.15, 0.2) is 0 Å². The molecule has 1 heterocycles. The van der Waals surface area contributed by atoms with Gasteiger partial charge in [0.2, 0.25) is 0 Å². The summed E-state index contributed by atoms with van der Waals surface area (Å²) in [6.45, 7) is 7.72. The third-order valence-electron chi connectivity index (χ3n) is 1.84. The maximum Gasteiger partial charge on any atom is 0.328 e. The largest absolute Gasteiger partial charge is 0.478 e. The van der Waals surface area contributed by atoms with Crippen molar-refractivity contribution in [2.75, 3.05) is 19.6 Å². The number of hydrogen-bond acceptors (Lipinski definition) is 4. The lowest BCUT2D eigenvalue weighted by molar-refractivity contribution is -0.134. The maximum absolute atomic E-state index is 9.55. The standard InChI is InChI=1S/C6H14N2.C4H4O4/c1-6(2)5-7-3-4-8-6;5-3(6)1-2-4(7)8/h7-8H,3-5H2,1-2H3;1-2H,(H,5,6)(H,7,8)/b;2-1-. The average Bonchev–Trinajstić information content (AvgIpc) is 2.15. The van der Waals surface area contributed by atoms with Gasteiger partial charge < -0.3 is 20.8 Å². The first-order chi connectivity index (χ1) is 7.33. The molecule has 0 saturated carbocycles.